The average molecular weight is 254 g/mol. The van der Waals surface area contributed by atoms with E-state index in [1.165, 1.54) is 24.2 Å². The summed E-state index contributed by atoms with van der Waals surface area (Å²) in [6.45, 7) is 5.43. The number of ether oxygens (including phenoxy) is 1. The molecule has 1 heterocycles. The lowest BCUT2D eigenvalue weighted by Crippen LogP contribution is -2.24. The van der Waals surface area contributed by atoms with Crippen LogP contribution < -0.4 is 0 Å². The lowest BCUT2D eigenvalue weighted by Gasteiger charge is -2.18. The molecule has 0 N–H and O–H groups in total. The fraction of sp³-hybridized carbons (Fsp3) is 0.455. The number of hydrogen-bond acceptors (Lipinski definition) is 6. The highest BCUT2D eigenvalue weighted by molar-refractivity contribution is 7.99. The van der Waals surface area contributed by atoms with Crippen molar-refractivity contribution in [3.63, 3.8) is 0 Å². The summed E-state index contributed by atoms with van der Waals surface area (Å²) in [6.07, 6.45) is 3.50. The number of nitrogens with zero attached hydrogens (tertiary/aromatic N) is 2. The SMILES string of the molecule is CC(C)(C)OC(=O)CSc1ncc(C=O)cn1. The predicted molar refractivity (Wildman–Crippen MR) is 64.0 cm³/mol. The molecule has 6 heteroatoms. The normalized spacial score (nSPS) is 11.0. The van der Waals surface area contributed by atoms with Gasteiger partial charge in [0.1, 0.15) is 5.60 Å². The number of hydrogen-bond donors (Lipinski definition) is 0. The summed E-state index contributed by atoms with van der Waals surface area (Å²) in [5.74, 6) is -0.164. The lowest BCUT2D eigenvalue weighted by molar-refractivity contribution is -0.151. The van der Waals surface area contributed by atoms with Crippen LogP contribution in [0.25, 0.3) is 0 Å². The number of thioether (sulfide) groups is 1. The maximum absolute atomic E-state index is 11.4. The number of aldehydes is 1. The first-order chi connectivity index (χ1) is 7.90. The van der Waals surface area contributed by atoms with Crippen molar-refractivity contribution in [1.29, 1.82) is 0 Å². The number of carbonyl (C=O) groups excluding carboxylic acids is 2. The van der Waals surface area contributed by atoms with Crippen LogP contribution in [0.2, 0.25) is 0 Å². The summed E-state index contributed by atoms with van der Waals surface area (Å²) < 4.78 is 5.13. The van der Waals surface area contributed by atoms with E-state index in [0.717, 1.165) is 0 Å². The number of aromatic nitrogens is 2. The van der Waals surface area contributed by atoms with Gasteiger partial charge in [0.25, 0.3) is 0 Å². The van der Waals surface area contributed by atoms with Crippen LogP contribution in [0.4, 0.5) is 0 Å². The summed E-state index contributed by atoms with van der Waals surface area (Å²) in [4.78, 5) is 29.6. The maximum atomic E-state index is 11.4. The van der Waals surface area contributed by atoms with Gasteiger partial charge in [0.15, 0.2) is 11.4 Å². The minimum absolute atomic E-state index is 0.151. The zero-order valence-corrected chi connectivity index (χ0v) is 10.8. The van der Waals surface area contributed by atoms with Crippen molar-refractivity contribution in [3.8, 4) is 0 Å². The topological polar surface area (TPSA) is 69.2 Å². The molecule has 0 atom stereocenters. The molecule has 0 aliphatic carbocycles. The Labute approximate surface area is 104 Å². The van der Waals surface area contributed by atoms with Gasteiger partial charge in [-0.15, -0.1) is 0 Å². The number of esters is 1. The molecule has 0 saturated carbocycles. The van der Waals surface area contributed by atoms with Crippen molar-refractivity contribution >= 4 is 24.0 Å². The minimum Gasteiger partial charge on any atom is -0.459 e. The van der Waals surface area contributed by atoms with E-state index in [-0.39, 0.29) is 11.7 Å². The van der Waals surface area contributed by atoms with Gasteiger partial charge >= 0.3 is 5.97 Å². The van der Waals surface area contributed by atoms with Crippen LogP contribution in [0.15, 0.2) is 17.6 Å². The van der Waals surface area contributed by atoms with Crippen LogP contribution in [0.3, 0.4) is 0 Å². The first kappa shape index (κ1) is 13.6. The monoisotopic (exact) mass is 254 g/mol. The van der Waals surface area contributed by atoms with Crippen molar-refractivity contribution in [2.45, 2.75) is 31.5 Å². The van der Waals surface area contributed by atoms with Gasteiger partial charge in [0, 0.05) is 12.4 Å². The molecule has 0 unspecified atom stereocenters. The number of carbonyl (C=O) groups is 2. The largest absolute Gasteiger partial charge is 0.459 e. The Morgan fingerprint density at radius 1 is 1.41 bits per heavy atom. The second-order valence-corrected chi connectivity index (χ2v) is 5.23. The second kappa shape index (κ2) is 5.77. The summed E-state index contributed by atoms with van der Waals surface area (Å²) >= 11 is 1.18. The van der Waals surface area contributed by atoms with Gasteiger partial charge in [-0.25, -0.2) is 9.97 Å². The fourth-order valence-electron chi connectivity index (χ4n) is 0.956. The molecule has 0 aliphatic heterocycles. The Morgan fingerprint density at radius 3 is 2.47 bits per heavy atom. The smallest absolute Gasteiger partial charge is 0.316 e. The molecule has 92 valence electrons. The van der Waals surface area contributed by atoms with E-state index < -0.39 is 5.60 Å². The van der Waals surface area contributed by atoms with Gasteiger partial charge in [-0.05, 0) is 20.8 Å². The van der Waals surface area contributed by atoms with E-state index in [4.69, 9.17) is 4.74 Å². The molecule has 0 saturated heterocycles. The van der Waals surface area contributed by atoms with Crippen LogP contribution in [-0.4, -0.2) is 33.6 Å². The zero-order chi connectivity index (χ0) is 12.9. The van der Waals surface area contributed by atoms with Gasteiger partial charge in [0.2, 0.25) is 0 Å². The molecule has 0 radical (unpaired) electrons. The van der Waals surface area contributed by atoms with Crippen molar-refractivity contribution in [2.24, 2.45) is 0 Å². The molecule has 0 aromatic carbocycles. The van der Waals surface area contributed by atoms with Gasteiger partial charge in [-0.3, -0.25) is 9.59 Å². The molecule has 1 aromatic heterocycles. The summed E-state index contributed by atoms with van der Waals surface area (Å²) in [5, 5.41) is 0.446. The highest BCUT2D eigenvalue weighted by atomic mass is 32.2. The molecule has 0 spiro atoms. The van der Waals surface area contributed by atoms with Gasteiger partial charge in [0.05, 0.1) is 11.3 Å². The molecular weight excluding hydrogens is 240 g/mol. The fourth-order valence-corrected chi connectivity index (χ4v) is 1.52. The summed E-state index contributed by atoms with van der Waals surface area (Å²) in [7, 11) is 0. The predicted octanol–water partition coefficient (Wildman–Crippen LogP) is 1.72. The standard InChI is InChI=1S/C11H14N2O3S/c1-11(2,3)16-9(15)7-17-10-12-4-8(6-14)5-13-10/h4-6H,7H2,1-3H3. The Hall–Kier alpha value is -1.43. The molecule has 5 nitrogen and oxygen atoms in total. The van der Waals surface area contributed by atoms with Crippen molar-refractivity contribution in [1.82, 2.24) is 9.97 Å². The van der Waals surface area contributed by atoms with Crippen LogP contribution in [-0.2, 0) is 9.53 Å². The minimum atomic E-state index is -0.486. The van der Waals surface area contributed by atoms with Crippen molar-refractivity contribution in [3.05, 3.63) is 18.0 Å². The van der Waals surface area contributed by atoms with Crippen molar-refractivity contribution in [2.75, 3.05) is 5.75 Å². The number of rotatable bonds is 4. The highest BCUT2D eigenvalue weighted by Crippen LogP contribution is 2.14. The average Bonchev–Trinajstić information content (AvgIpc) is 2.25. The van der Waals surface area contributed by atoms with E-state index in [9.17, 15) is 9.59 Å². The molecule has 17 heavy (non-hydrogen) atoms. The van der Waals surface area contributed by atoms with Gasteiger partial charge in [-0.2, -0.15) is 0 Å². The molecule has 1 rings (SSSR count). The van der Waals surface area contributed by atoms with Crippen LogP contribution >= 0.6 is 11.8 Å². The van der Waals surface area contributed by atoms with Crippen LogP contribution in [0.1, 0.15) is 31.1 Å². The molecular formula is C11H14N2O3S. The third-order valence-corrected chi connectivity index (χ3v) is 2.37. The zero-order valence-electron chi connectivity index (χ0n) is 9.97. The van der Waals surface area contributed by atoms with E-state index >= 15 is 0 Å². The molecule has 0 bridgehead atoms. The van der Waals surface area contributed by atoms with Gasteiger partial charge < -0.3 is 4.74 Å². The first-order valence-electron chi connectivity index (χ1n) is 5.02. The molecule has 1 aromatic rings. The van der Waals surface area contributed by atoms with Crippen LogP contribution in [0.5, 0.6) is 0 Å². The summed E-state index contributed by atoms with van der Waals surface area (Å²) in [6, 6.07) is 0. The lowest BCUT2D eigenvalue weighted by atomic mass is 10.2. The first-order valence-corrected chi connectivity index (χ1v) is 6.01. The molecule has 0 aliphatic rings. The maximum Gasteiger partial charge on any atom is 0.316 e. The van der Waals surface area contributed by atoms with E-state index in [0.29, 0.717) is 17.0 Å². The third-order valence-electron chi connectivity index (χ3n) is 1.52. The summed E-state index contributed by atoms with van der Waals surface area (Å²) in [5.41, 5.74) is -0.0773. The highest BCUT2D eigenvalue weighted by Gasteiger charge is 2.16. The van der Waals surface area contributed by atoms with E-state index in [1.807, 2.05) is 20.8 Å². The second-order valence-electron chi connectivity index (χ2n) is 4.29. The molecule has 0 fully saturated rings. The van der Waals surface area contributed by atoms with Crippen molar-refractivity contribution < 1.29 is 14.3 Å². The Kier molecular flexibility index (Phi) is 4.62. The Balaban J connectivity index is 2.44. The van der Waals surface area contributed by atoms with E-state index in [1.54, 1.807) is 0 Å². The van der Waals surface area contributed by atoms with Gasteiger partial charge in [-0.1, -0.05) is 11.8 Å². The Morgan fingerprint density at radius 2 is 2.00 bits per heavy atom. The third kappa shape index (κ3) is 5.44. The van der Waals surface area contributed by atoms with Crippen LogP contribution in [0, 0.1) is 0 Å². The molecule has 0 amide bonds. The quantitative estimate of drug-likeness (QED) is 0.353. The Bertz CT molecular complexity index is 398. The van der Waals surface area contributed by atoms with E-state index in [2.05, 4.69) is 9.97 Å².